The van der Waals surface area contributed by atoms with E-state index in [1.165, 1.54) is 57.9 Å². The molecule has 0 N–H and O–H groups in total. The predicted molar refractivity (Wildman–Crippen MR) is 97.9 cm³/mol. The van der Waals surface area contributed by atoms with Gasteiger partial charge in [-0.2, -0.15) is 0 Å². The summed E-state index contributed by atoms with van der Waals surface area (Å²) in [6.45, 7) is 17.8. The van der Waals surface area contributed by atoms with Crippen LogP contribution in [0.3, 0.4) is 0 Å². The maximum Gasteiger partial charge on any atom is 0.00929 e. The third-order valence-corrected chi connectivity index (χ3v) is 4.71. The van der Waals surface area contributed by atoms with E-state index in [0.29, 0.717) is 0 Å². The zero-order chi connectivity index (χ0) is 16.3. The van der Waals surface area contributed by atoms with Crippen LogP contribution in [-0.4, -0.2) is 23.5 Å². The molecule has 1 unspecified atom stereocenters. The van der Waals surface area contributed by atoms with Crippen molar-refractivity contribution in [3.05, 3.63) is 0 Å². The highest BCUT2D eigenvalue weighted by atomic mass is 15.2. The third-order valence-electron chi connectivity index (χ3n) is 4.71. The Kier molecular flexibility index (Phi) is 12.5. The summed E-state index contributed by atoms with van der Waals surface area (Å²) in [5.41, 5.74) is 0. The highest BCUT2D eigenvalue weighted by molar-refractivity contribution is 4.76. The van der Waals surface area contributed by atoms with Gasteiger partial charge in [0, 0.05) is 18.6 Å². The van der Waals surface area contributed by atoms with Gasteiger partial charge in [0.15, 0.2) is 0 Å². The van der Waals surface area contributed by atoms with E-state index in [2.05, 4.69) is 53.4 Å². The minimum absolute atomic E-state index is 0.752. The first kappa shape index (κ1) is 21.0. The van der Waals surface area contributed by atoms with Crippen LogP contribution in [0.15, 0.2) is 0 Å². The molecule has 0 aliphatic rings. The second-order valence-electron chi connectivity index (χ2n) is 7.80. The van der Waals surface area contributed by atoms with Crippen molar-refractivity contribution in [3.8, 4) is 0 Å². The summed E-state index contributed by atoms with van der Waals surface area (Å²) in [4.78, 5) is 2.79. The average molecular weight is 298 g/mol. The molecule has 0 aromatic heterocycles. The van der Waals surface area contributed by atoms with Crippen molar-refractivity contribution in [2.45, 2.75) is 112 Å². The van der Waals surface area contributed by atoms with Gasteiger partial charge in [-0.3, -0.25) is 4.90 Å². The van der Waals surface area contributed by atoms with E-state index >= 15 is 0 Å². The zero-order valence-corrected chi connectivity index (χ0v) is 16.1. The fraction of sp³-hybridized carbons (Fsp3) is 1.00. The van der Waals surface area contributed by atoms with Crippen molar-refractivity contribution >= 4 is 0 Å². The number of rotatable bonds is 13. The second-order valence-corrected chi connectivity index (χ2v) is 7.80. The lowest BCUT2D eigenvalue weighted by Gasteiger charge is -2.37. The predicted octanol–water partition coefficient (Wildman–Crippen LogP) is 6.52. The van der Waals surface area contributed by atoms with Crippen LogP contribution in [0.5, 0.6) is 0 Å². The average Bonchev–Trinajstić information content (AvgIpc) is 2.41. The molecular formula is C20H43N. The van der Waals surface area contributed by atoms with E-state index in [0.717, 1.165) is 23.9 Å². The monoisotopic (exact) mass is 297 g/mol. The van der Waals surface area contributed by atoms with Crippen molar-refractivity contribution < 1.29 is 0 Å². The van der Waals surface area contributed by atoms with Gasteiger partial charge >= 0.3 is 0 Å². The van der Waals surface area contributed by atoms with E-state index in [1.807, 2.05) is 0 Å². The number of unbranched alkanes of at least 4 members (excludes halogenated alkanes) is 3. The van der Waals surface area contributed by atoms with E-state index in [9.17, 15) is 0 Å². The molecule has 0 spiro atoms. The van der Waals surface area contributed by atoms with Crippen molar-refractivity contribution in [2.24, 2.45) is 11.8 Å². The third kappa shape index (κ3) is 10.3. The molecule has 0 bridgehead atoms. The van der Waals surface area contributed by atoms with E-state index in [4.69, 9.17) is 0 Å². The van der Waals surface area contributed by atoms with Crippen LogP contribution in [0.4, 0.5) is 0 Å². The van der Waals surface area contributed by atoms with Crippen molar-refractivity contribution in [1.82, 2.24) is 4.90 Å². The molecule has 0 aromatic carbocycles. The van der Waals surface area contributed by atoms with Gasteiger partial charge in [-0.15, -0.1) is 0 Å². The Morgan fingerprint density at radius 3 is 1.62 bits per heavy atom. The highest BCUT2D eigenvalue weighted by Crippen LogP contribution is 2.19. The van der Waals surface area contributed by atoms with E-state index < -0.39 is 0 Å². The maximum absolute atomic E-state index is 2.79. The lowest BCUT2D eigenvalue weighted by atomic mass is 10.00. The smallest absolute Gasteiger partial charge is 0.00929 e. The first-order chi connectivity index (χ1) is 9.92. The Balaban J connectivity index is 4.07. The molecule has 0 heterocycles. The summed E-state index contributed by atoms with van der Waals surface area (Å²) in [5.74, 6) is 1.65. The molecule has 0 aliphatic heterocycles. The Morgan fingerprint density at radius 1 is 0.667 bits per heavy atom. The molecule has 0 amide bonds. The molecule has 1 heteroatoms. The van der Waals surface area contributed by atoms with E-state index in [-0.39, 0.29) is 0 Å². The maximum atomic E-state index is 2.79. The van der Waals surface area contributed by atoms with Crippen LogP contribution in [0.2, 0.25) is 0 Å². The molecule has 21 heavy (non-hydrogen) atoms. The van der Waals surface area contributed by atoms with Crippen LogP contribution in [-0.2, 0) is 0 Å². The lowest BCUT2D eigenvalue weighted by molar-refractivity contribution is 0.111. The molecular weight excluding hydrogens is 254 g/mol. The van der Waals surface area contributed by atoms with Crippen LogP contribution in [0, 0.1) is 11.8 Å². The van der Waals surface area contributed by atoms with Crippen LogP contribution < -0.4 is 0 Å². The Morgan fingerprint density at radius 2 is 1.19 bits per heavy atom. The van der Waals surface area contributed by atoms with Crippen molar-refractivity contribution in [2.75, 3.05) is 6.54 Å². The zero-order valence-electron chi connectivity index (χ0n) is 16.1. The van der Waals surface area contributed by atoms with Gasteiger partial charge in [0.05, 0.1) is 0 Å². The highest BCUT2D eigenvalue weighted by Gasteiger charge is 2.21. The van der Waals surface area contributed by atoms with Gasteiger partial charge in [-0.1, -0.05) is 73.6 Å². The second kappa shape index (κ2) is 12.5. The molecule has 0 aromatic rings. The molecule has 0 aliphatic carbocycles. The Hall–Kier alpha value is -0.0400. The van der Waals surface area contributed by atoms with E-state index in [1.54, 1.807) is 0 Å². The quantitative estimate of drug-likeness (QED) is 0.350. The molecule has 0 fully saturated rings. The molecule has 1 atom stereocenters. The Labute approximate surface area is 135 Å². The summed E-state index contributed by atoms with van der Waals surface area (Å²) in [7, 11) is 0. The topological polar surface area (TPSA) is 3.24 Å². The van der Waals surface area contributed by atoms with Crippen LogP contribution >= 0.6 is 0 Å². The molecule has 0 radical (unpaired) electrons. The molecule has 0 saturated heterocycles. The van der Waals surface area contributed by atoms with Gasteiger partial charge in [-0.05, 0) is 38.0 Å². The van der Waals surface area contributed by atoms with Crippen molar-refractivity contribution in [1.29, 1.82) is 0 Å². The van der Waals surface area contributed by atoms with Crippen molar-refractivity contribution in [3.63, 3.8) is 0 Å². The number of hydrogen-bond acceptors (Lipinski definition) is 1. The largest absolute Gasteiger partial charge is 0.297 e. The number of hydrogen-bond donors (Lipinski definition) is 0. The lowest BCUT2D eigenvalue weighted by Crippen LogP contribution is -2.43. The van der Waals surface area contributed by atoms with Crippen LogP contribution in [0.25, 0.3) is 0 Å². The summed E-state index contributed by atoms with van der Waals surface area (Å²) >= 11 is 0. The molecule has 0 rings (SSSR count). The first-order valence-electron chi connectivity index (χ1n) is 9.67. The normalized spacial score (nSPS) is 13.9. The van der Waals surface area contributed by atoms with Gasteiger partial charge in [0.1, 0.15) is 0 Å². The summed E-state index contributed by atoms with van der Waals surface area (Å²) in [6, 6.07) is 1.53. The number of nitrogens with zero attached hydrogens (tertiary/aromatic N) is 1. The van der Waals surface area contributed by atoms with Gasteiger partial charge in [0.25, 0.3) is 0 Å². The standard InChI is InChI=1S/C20H43N/c1-8-20(9-2)21(16-18(5)6)19(7)15-13-11-10-12-14-17(3)4/h17-20H,8-16H2,1-7H3. The van der Waals surface area contributed by atoms with Gasteiger partial charge < -0.3 is 0 Å². The fourth-order valence-corrected chi connectivity index (χ4v) is 3.38. The van der Waals surface area contributed by atoms with Gasteiger partial charge in [-0.25, -0.2) is 0 Å². The van der Waals surface area contributed by atoms with Gasteiger partial charge in [0.2, 0.25) is 0 Å². The van der Waals surface area contributed by atoms with Crippen LogP contribution in [0.1, 0.15) is 99.8 Å². The molecule has 0 saturated carbocycles. The first-order valence-corrected chi connectivity index (χ1v) is 9.67. The fourth-order valence-electron chi connectivity index (χ4n) is 3.38. The minimum Gasteiger partial charge on any atom is -0.297 e. The summed E-state index contributed by atoms with van der Waals surface area (Å²) in [6.07, 6.45) is 11.1. The SMILES string of the molecule is CCC(CC)N(CC(C)C)C(C)CCCCCCC(C)C. The Bertz CT molecular complexity index is 218. The summed E-state index contributed by atoms with van der Waals surface area (Å²) < 4.78 is 0. The molecule has 128 valence electrons. The summed E-state index contributed by atoms with van der Waals surface area (Å²) in [5, 5.41) is 0. The molecule has 1 nitrogen and oxygen atoms in total. The minimum atomic E-state index is 0.752.